The van der Waals surface area contributed by atoms with Crippen LogP contribution in [0, 0.1) is 0 Å². The summed E-state index contributed by atoms with van der Waals surface area (Å²) in [4.78, 5) is 19.6. The number of amides is 1. The van der Waals surface area contributed by atoms with Gasteiger partial charge in [-0.25, -0.2) is 13.4 Å². The number of aromatic nitrogens is 1. The molecule has 1 fully saturated rings. The van der Waals surface area contributed by atoms with Crippen LogP contribution in [0.2, 0.25) is 0 Å². The second-order valence-corrected chi connectivity index (χ2v) is 11.2. The summed E-state index contributed by atoms with van der Waals surface area (Å²) in [5.74, 6) is 0.0294. The van der Waals surface area contributed by atoms with Gasteiger partial charge in [0, 0.05) is 32.4 Å². The van der Waals surface area contributed by atoms with Crippen LogP contribution in [0.4, 0.5) is 0 Å². The van der Waals surface area contributed by atoms with Gasteiger partial charge in [-0.05, 0) is 44.4 Å². The molecule has 0 radical (unpaired) electrons. The molecular formula is C24H33N3O3S2. The Kier molecular flexibility index (Phi) is 8.73. The van der Waals surface area contributed by atoms with Crippen LogP contribution in [-0.4, -0.2) is 54.7 Å². The van der Waals surface area contributed by atoms with Gasteiger partial charge in [-0.2, -0.15) is 4.31 Å². The highest BCUT2D eigenvalue weighted by molar-refractivity contribution is 8.00. The number of likely N-dealkylation sites (N-methyl/N-ethyl adjacent to an activating group) is 1. The van der Waals surface area contributed by atoms with Crippen molar-refractivity contribution in [2.75, 3.05) is 20.1 Å². The van der Waals surface area contributed by atoms with Crippen molar-refractivity contribution in [2.45, 2.75) is 67.2 Å². The van der Waals surface area contributed by atoms with Gasteiger partial charge in [0.05, 0.1) is 5.03 Å². The SMILES string of the molecule is CCN(CC)C(=O)C(Sc1ccc(S(=O)(=O)N(C)C2CCCCC2)cn1)c1ccccc1. The van der Waals surface area contributed by atoms with E-state index in [-0.39, 0.29) is 16.8 Å². The minimum Gasteiger partial charge on any atom is -0.342 e. The quantitative estimate of drug-likeness (QED) is 0.490. The predicted molar refractivity (Wildman–Crippen MR) is 129 cm³/mol. The second kappa shape index (κ2) is 11.3. The van der Waals surface area contributed by atoms with Crippen molar-refractivity contribution in [3.63, 3.8) is 0 Å². The largest absolute Gasteiger partial charge is 0.342 e. The number of carbonyl (C=O) groups is 1. The first-order chi connectivity index (χ1) is 15.4. The molecule has 1 amide bonds. The molecule has 1 aliphatic carbocycles. The molecule has 8 heteroatoms. The first-order valence-electron chi connectivity index (χ1n) is 11.3. The smallest absolute Gasteiger partial charge is 0.244 e. The van der Waals surface area contributed by atoms with E-state index in [1.807, 2.05) is 49.1 Å². The highest BCUT2D eigenvalue weighted by Gasteiger charge is 2.30. The van der Waals surface area contributed by atoms with E-state index in [0.29, 0.717) is 18.1 Å². The van der Waals surface area contributed by atoms with E-state index in [1.165, 1.54) is 28.7 Å². The van der Waals surface area contributed by atoms with Gasteiger partial charge in [0.1, 0.15) is 10.1 Å². The van der Waals surface area contributed by atoms with E-state index < -0.39 is 15.3 Å². The molecule has 0 N–H and O–H groups in total. The topological polar surface area (TPSA) is 70.6 Å². The fourth-order valence-electron chi connectivity index (χ4n) is 4.11. The third-order valence-corrected chi connectivity index (χ3v) is 9.20. The Bertz CT molecular complexity index is 971. The number of hydrogen-bond donors (Lipinski definition) is 0. The molecule has 1 unspecified atom stereocenters. The maximum absolute atomic E-state index is 13.2. The maximum Gasteiger partial charge on any atom is 0.244 e. The molecule has 1 heterocycles. The molecule has 1 saturated carbocycles. The lowest BCUT2D eigenvalue weighted by Gasteiger charge is -2.30. The molecule has 2 aromatic rings. The Morgan fingerprint density at radius 3 is 2.28 bits per heavy atom. The minimum absolute atomic E-state index is 0.0294. The molecular weight excluding hydrogens is 442 g/mol. The standard InChI is InChI=1S/C24H33N3O3S2/c1-4-27(5-2)24(28)23(19-12-8-6-9-13-19)31-22-17-16-21(18-25-22)32(29,30)26(3)20-14-10-7-11-15-20/h6,8-9,12-13,16-18,20,23H,4-5,7,10-11,14-15H2,1-3H3. The average molecular weight is 476 g/mol. The average Bonchev–Trinajstić information content (AvgIpc) is 2.84. The molecule has 1 aromatic carbocycles. The first kappa shape index (κ1) is 24.7. The van der Waals surface area contributed by atoms with Gasteiger partial charge in [-0.3, -0.25) is 4.79 Å². The summed E-state index contributed by atoms with van der Waals surface area (Å²) in [7, 11) is -1.92. The minimum atomic E-state index is -3.59. The van der Waals surface area contributed by atoms with Gasteiger partial charge < -0.3 is 4.90 Å². The molecule has 3 rings (SSSR count). The lowest BCUT2D eigenvalue weighted by atomic mass is 9.96. The maximum atomic E-state index is 13.2. The zero-order chi connectivity index (χ0) is 23.1. The van der Waals surface area contributed by atoms with Crippen molar-refractivity contribution in [1.82, 2.24) is 14.2 Å². The zero-order valence-corrected chi connectivity index (χ0v) is 20.7. The summed E-state index contributed by atoms with van der Waals surface area (Å²) >= 11 is 1.35. The Labute approximate surface area is 196 Å². The van der Waals surface area contributed by atoms with Gasteiger partial charge in [0.2, 0.25) is 15.9 Å². The summed E-state index contributed by atoms with van der Waals surface area (Å²) < 4.78 is 27.7. The lowest BCUT2D eigenvalue weighted by molar-refractivity contribution is -0.130. The normalized spacial score (nSPS) is 16.1. The summed E-state index contributed by atoms with van der Waals surface area (Å²) in [5.41, 5.74) is 0.907. The van der Waals surface area contributed by atoms with E-state index in [4.69, 9.17) is 0 Å². The van der Waals surface area contributed by atoms with Crippen molar-refractivity contribution in [3.05, 3.63) is 54.2 Å². The molecule has 32 heavy (non-hydrogen) atoms. The highest BCUT2D eigenvalue weighted by atomic mass is 32.2. The van der Waals surface area contributed by atoms with Gasteiger partial charge in [-0.15, -0.1) is 0 Å². The highest BCUT2D eigenvalue weighted by Crippen LogP contribution is 2.36. The van der Waals surface area contributed by atoms with Crippen molar-refractivity contribution in [1.29, 1.82) is 0 Å². The van der Waals surface area contributed by atoms with Gasteiger partial charge >= 0.3 is 0 Å². The van der Waals surface area contributed by atoms with Crippen LogP contribution in [0.3, 0.4) is 0 Å². The zero-order valence-electron chi connectivity index (χ0n) is 19.1. The number of hydrogen-bond acceptors (Lipinski definition) is 5. The monoisotopic (exact) mass is 475 g/mol. The third-order valence-electron chi connectivity index (χ3n) is 6.12. The molecule has 1 aliphatic rings. The van der Waals surface area contributed by atoms with E-state index >= 15 is 0 Å². The van der Waals surface area contributed by atoms with E-state index in [2.05, 4.69) is 4.98 Å². The molecule has 0 aliphatic heterocycles. The molecule has 1 atom stereocenters. The van der Waals surface area contributed by atoms with Gasteiger partial charge in [0.15, 0.2) is 0 Å². The molecule has 0 saturated heterocycles. The number of pyridine rings is 1. The van der Waals surface area contributed by atoms with Crippen molar-refractivity contribution >= 4 is 27.7 Å². The van der Waals surface area contributed by atoms with Gasteiger partial charge in [-0.1, -0.05) is 61.4 Å². The van der Waals surface area contributed by atoms with Crippen molar-refractivity contribution < 1.29 is 13.2 Å². The molecule has 0 spiro atoms. The molecule has 6 nitrogen and oxygen atoms in total. The fraction of sp³-hybridized carbons (Fsp3) is 0.500. The number of benzene rings is 1. The number of thioether (sulfide) groups is 1. The summed E-state index contributed by atoms with van der Waals surface area (Å²) in [6.07, 6.45) is 6.54. The van der Waals surface area contributed by atoms with Crippen LogP contribution in [0.1, 0.15) is 56.8 Å². The van der Waals surface area contributed by atoms with E-state index in [9.17, 15) is 13.2 Å². The van der Waals surface area contributed by atoms with Crippen LogP contribution >= 0.6 is 11.8 Å². The van der Waals surface area contributed by atoms with Gasteiger partial charge in [0.25, 0.3) is 0 Å². The summed E-state index contributed by atoms with van der Waals surface area (Å²) in [6, 6.07) is 13.0. The Morgan fingerprint density at radius 2 is 1.72 bits per heavy atom. The Balaban J connectivity index is 1.80. The molecule has 1 aromatic heterocycles. The second-order valence-electron chi connectivity index (χ2n) is 8.06. The van der Waals surface area contributed by atoms with Crippen LogP contribution in [0.15, 0.2) is 58.6 Å². The third kappa shape index (κ3) is 5.71. The lowest BCUT2D eigenvalue weighted by Crippen LogP contribution is -2.38. The number of sulfonamides is 1. The first-order valence-corrected chi connectivity index (χ1v) is 13.6. The van der Waals surface area contributed by atoms with E-state index in [1.54, 1.807) is 19.2 Å². The van der Waals surface area contributed by atoms with Crippen LogP contribution in [0.5, 0.6) is 0 Å². The summed E-state index contributed by atoms with van der Waals surface area (Å²) in [5, 5.41) is 0.189. The molecule has 0 bridgehead atoms. The predicted octanol–water partition coefficient (Wildman–Crippen LogP) is 4.74. The van der Waals surface area contributed by atoms with Crippen LogP contribution < -0.4 is 0 Å². The molecule has 174 valence electrons. The van der Waals surface area contributed by atoms with Crippen LogP contribution in [-0.2, 0) is 14.8 Å². The number of nitrogens with zero attached hydrogens (tertiary/aromatic N) is 3. The number of carbonyl (C=O) groups excluding carboxylic acids is 1. The van der Waals surface area contributed by atoms with Crippen molar-refractivity contribution in [2.24, 2.45) is 0 Å². The Morgan fingerprint density at radius 1 is 1.06 bits per heavy atom. The van der Waals surface area contributed by atoms with Crippen molar-refractivity contribution in [3.8, 4) is 0 Å². The summed E-state index contributed by atoms with van der Waals surface area (Å²) in [6.45, 7) is 5.21. The fourth-order valence-corrected chi connectivity index (χ4v) is 6.51. The number of rotatable bonds is 9. The Hall–Kier alpha value is -1.90. The van der Waals surface area contributed by atoms with E-state index in [0.717, 1.165) is 31.2 Å². The van der Waals surface area contributed by atoms with Crippen LogP contribution in [0.25, 0.3) is 0 Å².